The van der Waals surface area contributed by atoms with Crippen LogP contribution < -0.4 is 5.32 Å². The first-order valence-electron chi connectivity index (χ1n) is 2.80. The number of carbonyl (C=O) groups is 1. The fourth-order valence-electron chi connectivity index (χ4n) is 0.881. The van der Waals surface area contributed by atoms with Crippen LogP contribution in [-0.4, -0.2) is 28.5 Å². The number of alkyl halides is 1. The van der Waals surface area contributed by atoms with E-state index in [1.165, 1.54) is 0 Å². The summed E-state index contributed by atoms with van der Waals surface area (Å²) in [5.41, 5.74) is 0. The van der Waals surface area contributed by atoms with Crippen LogP contribution in [0.5, 0.6) is 0 Å². The zero-order valence-electron chi connectivity index (χ0n) is 4.80. The quantitative estimate of drug-likeness (QED) is 0.586. The van der Waals surface area contributed by atoms with Crippen molar-refractivity contribution in [2.24, 2.45) is 0 Å². The number of hydrogen-bond acceptors (Lipinski definition) is 2. The molecule has 0 amide bonds. The van der Waals surface area contributed by atoms with Crippen LogP contribution in [0.1, 0.15) is 6.42 Å². The van der Waals surface area contributed by atoms with E-state index in [0.29, 0.717) is 11.2 Å². The van der Waals surface area contributed by atoms with Crippen molar-refractivity contribution < 1.29 is 9.90 Å². The molecule has 0 aromatic carbocycles. The fraction of sp³-hybridized carbons (Fsp3) is 0.800. The minimum absolute atomic E-state index is 0.332. The van der Waals surface area contributed by atoms with Crippen molar-refractivity contribution in [1.82, 2.24) is 5.32 Å². The summed E-state index contributed by atoms with van der Waals surface area (Å²) in [6.45, 7) is 0.761. The second-order valence-electron chi connectivity index (χ2n) is 2.13. The van der Waals surface area contributed by atoms with Crippen LogP contribution in [-0.2, 0) is 4.79 Å². The van der Waals surface area contributed by atoms with Crippen LogP contribution in [0.4, 0.5) is 0 Å². The Kier molecular flexibility index (Phi) is 2.08. The fourth-order valence-corrected chi connectivity index (χ4v) is 1.44. The summed E-state index contributed by atoms with van der Waals surface area (Å²) in [5.74, 6) is -0.753. The zero-order valence-corrected chi connectivity index (χ0v) is 6.39. The average molecular weight is 194 g/mol. The number of carboxylic acids is 1. The molecule has 9 heavy (non-hydrogen) atoms. The van der Waals surface area contributed by atoms with Gasteiger partial charge in [0.05, 0.1) is 0 Å². The maximum atomic E-state index is 10.3. The normalized spacial score (nSPS) is 34.8. The number of nitrogens with one attached hydrogen (secondary N) is 1. The number of rotatable bonds is 1. The minimum Gasteiger partial charge on any atom is -0.480 e. The van der Waals surface area contributed by atoms with Crippen molar-refractivity contribution in [2.45, 2.75) is 17.3 Å². The highest BCUT2D eigenvalue weighted by atomic mass is 79.9. The summed E-state index contributed by atoms with van der Waals surface area (Å²) in [5, 5.41) is 11.3. The molecule has 0 bridgehead atoms. The van der Waals surface area contributed by atoms with Gasteiger partial charge in [0.15, 0.2) is 0 Å². The molecule has 4 heteroatoms. The zero-order chi connectivity index (χ0) is 6.85. The molecule has 1 heterocycles. The first-order chi connectivity index (χ1) is 4.20. The number of halogens is 1. The van der Waals surface area contributed by atoms with E-state index in [0.717, 1.165) is 6.54 Å². The molecule has 0 spiro atoms. The van der Waals surface area contributed by atoms with E-state index in [9.17, 15) is 4.79 Å². The molecular formula is C5H8BrNO2. The van der Waals surface area contributed by atoms with E-state index < -0.39 is 5.97 Å². The Labute approximate surface area is 61.6 Å². The molecular weight excluding hydrogens is 186 g/mol. The van der Waals surface area contributed by atoms with Gasteiger partial charge < -0.3 is 10.4 Å². The smallest absolute Gasteiger partial charge is 0.320 e. The van der Waals surface area contributed by atoms with E-state index in [2.05, 4.69) is 21.2 Å². The van der Waals surface area contributed by atoms with Crippen molar-refractivity contribution in [2.75, 3.05) is 6.54 Å². The van der Waals surface area contributed by atoms with Crippen molar-refractivity contribution in [3.05, 3.63) is 0 Å². The Morgan fingerprint density at radius 2 is 2.44 bits per heavy atom. The summed E-state index contributed by atoms with van der Waals surface area (Å²) >= 11 is 3.32. The standard InChI is InChI=1S/C5H8BrNO2/c6-3-1-4(5(8)9)7-2-3/h3-4,7H,1-2H2,(H,8,9). The van der Waals surface area contributed by atoms with Crippen LogP contribution in [0.3, 0.4) is 0 Å². The van der Waals surface area contributed by atoms with E-state index >= 15 is 0 Å². The van der Waals surface area contributed by atoms with Crippen LogP contribution in [0, 0.1) is 0 Å². The van der Waals surface area contributed by atoms with Crippen molar-refractivity contribution >= 4 is 21.9 Å². The van der Waals surface area contributed by atoms with Gasteiger partial charge in [0.1, 0.15) is 6.04 Å². The molecule has 0 saturated carbocycles. The predicted molar refractivity (Wildman–Crippen MR) is 36.8 cm³/mol. The highest BCUT2D eigenvalue weighted by molar-refractivity contribution is 9.09. The topological polar surface area (TPSA) is 49.3 Å². The molecule has 1 fully saturated rings. The monoisotopic (exact) mass is 193 g/mol. The number of carboxylic acid groups (broad SMARTS) is 1. The van der Waals surface area contributed by atoms with E-state index in [-0.39, 0.29) is 6.04 Å². The third-order valence-electron chi connectivity index (χ3n) is 1.38. The maximum absolute atomic E-state index is 10.3. The van der Waals surface area contributed by atoms with Gasteiger partial charge >= 0.3 is 5.97 Å². The molecule has 0 radical (unpaired) electrons. The molecule has 2 unspecified atom stereocenters. The van der Waals surface area contributed by atoms with Crippen molar-refractivity contribution in [3.8, 4) is 0 Å². The average Bonchev–Trinajstić information content (AvgIpc) is 2.14. The van der Waals surface area contributed by atoms with Gasteiger partial charge in [-0.1, -0.05) is 15.9 Å². The van der Waals surface area contributed by atoms with Crippen molar-refractivity contribution in [1.29, 1.82) is 0 Å². The number of hydrogen-bond donors (Lipinski definition) is 2. The first kappa shape index (κ1) is 7.02. The van der Waals surface area contributed by atoms with Crippen LogP contribution in [0.25, 0.3) is 0 Å². The summed E-state index contributed by atoms with van der Waals surface area (Å²) in [6.07, 6.45) is 0.690. The molecule has 1 saturated heterocycles. The molecule has 1 aliphatic heterocycles. The number of aliphatic carboxylic acids is 1. The molecule has 0 aliphatic carbocycles. The molecule has 1 rings (SSSR count). The van der Waals surface area contributed by atoms with Crippen LogP contribution in [0.15, 0.2) is 0 Å². The third-order valence-corrected chi connectivity index (χ3v) is 2.07. The first-order valence-corrected chi connectivity index (χ1v) is 3.72. The summed E-state index contributed by atoms with van der Waals surface area (Å²) < 4.78 is 0. The largest absolute Gasteiger partial charge is 0.480 e. The van der Waals surface area contributed by atoms with E-state index in [1.54, 1.807) is 0 Å². The second kappa shape index (κ2) is 2.66. The lowest BCUT2D eigenvalue weighted by molar-refractivity contribution is -0.139. The van der Waals surface area contributed by atoms with Gasteiger partial charge in [-0.2, -0.15) is 0 Å². The van der Waals surface area contributed by atoms with E-state index in [1.807, 2.05) is 0 Å². The van der Waals surface area contributed by atoms with E-state index in [4.69, 9.17) is 5.11 Å². The van der Waals surface area contributed by atoms with Crippen LogP contribution in [0.2, 0.25) is 0 Å². The molecule has 0 aromatic rings. The Hall–Kier alpha value is -0.0900. The van der Waals surface area contributed by atoms with Gasteiger partial charge in [0.25, 0.3) is 0 Å². The molecule has 0 aromatic heterocycles. The van der Waals surface area contributed by atoms with Crippen LogP contribution >= 0.6 is 15.9 Å². The Morgan fingerprint density at radius 1 is 1.78 bits per heavy atom. The Balaban J connectivity index is 2.39. The Morgan fingerprint density at radius 3 is 2.67 bits per heavy atom. The highest BCUT2D eigenvalue weighted by Gasteiger charge is 2.26. The molecule has 2 atom stereocenters. The maximum Gasteiger partial charge on any atom is 0.320 e. The Bertz CT molecular complexity index is 128. The van der Waals surface area contributed by atoms with Gasteiger partial charge in [0, 0.05) is 11.4 Å². The SMILES string of the molecule is O=C(O)C1CC(Br)CN1. The lowest BCUT2D eigenvalue weighted by Crippen LogP contribution is -2.29. The van der Waals surface area contributed by atoms with Gasteiger partial charge in [-0.05, 0) is 6.42 Å². The summed E-state index contributed by atoms with van der Waals surface area (Å²) in [4.78, 5) is 10.6. The van der Waals surface area contributed by atoms with Gasteiger partial charge in [-0.25, -0.2) is 0 Å². The minimum atomic E-state index is -0.753. The van der Waals surface area contributed by atoms with Gasteiger partial charge in [0.2, 0.25) is 0 Å². The molecule has 2 N–H and O–H groups in total. The molecule has 1 aliphatic rings. The highest BCUT2D eigenvalue weighted by Crippen LogP contribution is 2.13. The lowest BCUT2D eigenvalue weighted by Gasteiger charge is -1.99. The van der Waals surface area contributed by atoms with Crippen molar-refractivity contribution in [3.63, 3.8) is 0 Å². The lowest BCUT2D eigenvalue weighted by atomic mass is 10.2. The summed E-state index contributed by atoms with van der Waals surface area (Å²) in [7, 11) is 0. The molecule has 52 valence electrons. The van der Waals surface area contributed by atoms with Gasteiger partial charge in [-0.3, -0.25) is 4.79 Å². The third kappa shape index (κ3) is 1.66. The predicted octanol–water partition coefficient (Wildman–Crippen LogP) is 0.196. The molecule has 3 nitrogen and oxygen atoms in total. The second-order valence-corrected chi connectivity index (χ2v) is 3.43. The summed E-state index contributed by atoms with van der Waals surface area (Å²) in [6, 6.07) is -0.339. The van der Waals surface area contributed by atoms with Gasteiger partial charge in [-0.15, -0.1) is 0 Å².